The summed E-state index contributed by atoms with van der Waals surface area (Å²) in [5.41, 5.74) is 12.0. The fraction of sp³-hybridized carbons (Fsp3) is 0.333. The van der Waals surface area contributed by atoms with Gasteiger partial charge >= 0.3 is 0 Å². The number of aryl methyl sites for hydroxylation is 2. The van der Waals surface area contributed by atoms with Crippen LogP contribution in [-0.2, 0) is 5.60 Å². The van der Waals surface area contributed by atoms with Crippen molar-refractivity contribution in [3.8, 4) is 5.75 Å². The van der Waals surface area contributed by atoms with Gasteiger partial charge in [0.1, 0.15) is 11.4 Å². The molecule has 0 amide bonds. The van der Waals surface area contributed by atoms with Gasteiger partial charge in [-0.3, -0.25) is 0 Å². The van der Waals surface area contributed by atoms with E-state index in [0.29, 0.717) is 0 Å². The van der Waals surface area contributed by atoms with Crippen LogP contribution in [0.3, 0.4) is 0 Å². The van der Waals surface area contributed by atoms with Crippen LogP contribution in [0.5, 0.6) is 5.75 Å². The number of nitrogens with two attached hydrogens (primary N) is 1. The lowest BCUT2D eigenvalue weighted by Crippen LogP contribution is -2.47. The molecule has 31 heavy (non-hydrogen) atoms. The predicted molar refractivity (Wildman–Crippen MR) is 133 cm³/mol. The largest absolute Gasteiger partial charge is 0.483 e. The van der Waals surface area contributed by atoms with Crippen LogP contribution in [0.2, 0.25) is 0 Å². The molecule has 3 aromatic rings. The molecule has 1 aliphatic rings. The molecule has 1 heterocycles. The van der Waals surface area contributed by atoms with Crippen LogP contribution in [0, 0.1) is 34.6 Å². The van der Waals surface area contributed by atoms with E-state index < -0.39 is 11.2 Å². The molecular weight excluding hydrogens is 450 g/mol. The maximum Gasteiger partial charge on any atom is 0.157 e. The summed E-state index contributed by atoms with van der Waals surface area (Å²) in [5.74, 6) is 0.766. The van der Waals surface area contributed by atoms with Crippen molar-refractivity contribution in [1.82, 2.24) is 0 Å². The Morgan fingerprint density at radius 2 is 1.26 bits per heavy atom. The van der Waals surface area contributed by atoms with Crippen molar-refractivity contribution in [3.63, 3.8) is 0 Å². The van der Waals surface area contributed by atoms with Crippen LogP contribution in [0.15, 0.2) is 53.0 Å². The first-order valence-corrected chi connectivity index (χ1v) is 11.3. The number of ether oxygens (including phenoxy) is 1. The summed E-state index contributed by atoms with van der Waals surface area (Å²) in [4.78, 5) is 0. The highest BCUT2D eigenvalue weighted by atomic mass is 79.9. The molecule has 0 aromatic heterocycles. The number of benzene rings is 3. The number of hydrogen-bond acceptors (Lipinski definition) is 3. The van der Waals surface area contributed by atoms with Gasteiger partial charge in [-0.15, -0.1) is 0 Å². The Labute approximate surface area is 194 Å². The summed E-state index contributed by atoms with van der Waals surface area (Å²) in [5, 5.41) is 11.8. The van der Waals surface area contributed by atoms with Gasteiger partial charge in [0.05, 0.1) is 0 Å². The standard InChI is InChI=1S/C20H25NO2.C7H7Br/c1-11-7-9-15(10-8-11)20(22)16-14(4)17(21)12(2)13(3)18(16)23-19(20,5)6;1-6-2-4-7(8)5-3-6/h7-10,22H,21H2,1-6H3;2-5H,1H3. The van der Waals surface area contributed by atoms with Crippen molar-refractivity contribution in [2.75, 3.05) is 5.73 Å². The van der Waals surface area contributed by atoms with E-state index >= 15 is 0 Å². The average molecular weight is 482 g/mol. The van der Waals surface area contributed by atoms with Gasteiger partial charge in [0.15, 0.2) is 5.60 Å². The Bertz CT molecular complexity index is 1080. The molecule has 164 valence electrons. The van der Waals surface area contributed by atoms with Crippen LogP contribution in [0.1, 0.15) is 52.8 Å². The van der Waals surface area contributed by atoms with Gasteiger partial charge in [0.2, 0.25) is 0 Å². The molecule has 1 unspecified atom stereocenters. The molecule has 0 aliphatic carbocycles. The van der Waals surface area contributed by atoms with Gasteiger partial charge in [-0.1, -0.05) is 63.5 Å². The van der Waals surface area contributed by atoms with E-state index in [4.69, 9.17) is 10.5 Å². The van der Waals surface area contributed by atoms with Crippen LogP contribution < -0.4 is 10.5 Å². The lowest BCUT2D eigenvalue weighted by molar-refractivity contribution is -0.0645. The molecule has 0 spiro atoms. The number of halogens is 1. The van der Waals surface area contributed by atoms with Crippen molar-refractivity contribution in [2.45, 2.75) is 59.7 Å². The first-order chi connectivity index (χ1) is 14.4. The van der Waals surface area contributed by atoms with Crippen molar-refractivity contribution >= 4 is 21.6 Å². The number of rotatable bonds is 1. The normalized spacial score (nSPS) is 18.6. The molecule has 0 saturated heterocycles. The Kier molecular flexibility index (Phi) is 6.28. The number of aliphatic hydroxyl groups is 1. The number of anilines is 1. The van der Waals surface area contributed by atoms with E-state index in [-0.39, 0.29) is 0 Å². The van der Waals surface area contributed by atoms with Crippen LogP contribution in [-0.4, -0.2) is 10.7 Å². The molecule has 4 heteroatoms. The van der Waals surface area contributed by atoms with Crippen LogP contribution in [0.4, 0.5) is 5.69 Å². The summed E-state index contributed by atoms with van der Waals surface area (Å²) in [6.45, 7) is 13.9. The van der Waals surface area contributed by atoms with E-state index in [2.05, 4.69) is 35.0 Å². The number of fused-ring (bicyclic) bond motifs is 1. The van der Waals surface area contributed by atoms with Gasteiger partial charge in [-0.05, 0) is 82.9 Å². The zero-order valence-electron chi connectivity index (χ0n) is 19.4. The monoisotopic (exact) mass is 481 g/mol. The second-order valence-electron chi connectivity index (χ2n) is 8.98. The second-order valence-corrected chi connectivity index (χ2v) is 9.89. The zero-order valence-corrected chi connectivity index (χ0v) is 21.0. The summed E-state index contributed by atoms with van der Waals surface area (Å²) in [6, 6.07) is 16.2. The molecule has 3 nitrogen and oxygen atoms in total. The lowest BCUT2D eigenvalue weighted by atomic mass is 9.74. The van der Waals surface area contributed by atoms with E-state index in [1.54, 1.807) is 0 Å². The summed E-state index contributed by atoms with van der Waals surface area (Å²) < 4.78 is 7.38. The van der Waals surface area contributed by atoms with Crippen molar-refractivity contribution in [3.05, 3.63) is 91.9 Å². The molecule has 1 aliphatic heterocycles. The third-order valence-electron chi connectivity index (χ3n) is 6.38. The number of hydrogen-bond donors (Lipinski definition) is 2. The van der Waals surface area contributed by atoms with Gasteiger partial charge in [0.25, 0.3) is 0 Å². The lowest BCUT2D eigenvalue weighted by Gasteiger charge is -2.36. The Morgan fingerprint density at radius 3 is 1.74 bits per heavy atom. The second kappa shape index (κ2) is 8.33. The Hall–Kier alpha value is -2.30. The highest BCUT2D eigenvalue weighted by Crippen LogP contribution is 2.55. The maximum atomic E-state index is 11.8. The minimum atomic E-state index is -1.23. The molecule has 3 N–H and O–H groups in total. The topological polar surface area (TPSA) is 55.5 Å². The highest BCUT2D eigenvalue weighted by molar-refractivity contribution is 9.10. The van der Waals surface area contributed by atoms with Gasteiger partial charge < -0.3 is 15.6 Å². The fourth-order valence-corrected chi connectivity index (χ4v) is 4.42. The molecule has 0 saturated carbocycles. The molecule has 0 fully saturated rings. The smallest absolute Gasteiger partial charge is 0.157 e. The minimum Gasteiger partial charge on any atom is -0.483 e. The Balaban J connectivity index is 0.000000287. The van der Waals surface area contributed by atoms with Gasteiger partial charge in [-0.2, -0.15) is 0 Å². The molecule has 3 aromatic carbocycles. The third-order valence-corrected chi connectivity index (χ3v) is 6.91. The highest BCUT2D eigenvalue weighted by Gasteiger charge is 2.56. The average Bonchev–Trinajstić information content (AvgIpc) is 2.95. The summed E-state index contributed by atoms with van der Waals surface area (Å²) in [7, 11) is 0. The van der Waals surface area contributed by atoms with Crippen molar-refractivity contribution < 1.29 is 9.84 Å². The van der Waals surface area contributed by atoms with Gasteiger partial charge in [-0.25, -0.2) is 0 Å². The Morgan fingerprint density at radius 1 is 0.774 bits per heavy atom. The summed E-state index contributed by atoms with van der Waals surface area (Å²) >= 11 is 3.35. The van der Waals surface area contributed by atoms with E-state index in [9.17, 15) is 5.11 Å². The van der Waals surface area contributed by atoms with Crippen molar-refractivity contribution in [1.29, 1.82) is 0 Å². The number of nitrogen functional groups attached to an aromatic ring is 1. The first-order valence-electron chi connectivity index (χ1n) is 10.5. The van der Waals surface area contributed by atoms with E-state index in [1.165, 1.54) is 5.56 Å². The molecule has 1 atom stereocenters. The first kappa shape index (κ1) is 23.4. The minimum absolute atomic E-state index is 0.730. The quantitative estimate of drug-likeness (QED) is 0.381. The fourth-order valence-electron chi connectivity index (χ4n) is 4.16. The molecule has 4 rings (SSSR count). The zero-order chi connectivity index (χ0) is 23.1. The predicted octanol–water partition coefficient (Wildman–Crippen LogP) is 6.67. The molecular formula is C27H32BrNO2. The maximum absolute atomic E-state index is 11.8. The SMILES string of the molecule is Cc1ccc(Br)cc1.Cc1ccc(C2(O)c3c(C)c(N)c(C)c(C)c3OC2(C)C)cc1. The van der Waals surface area contributed by atoms with Crippen LogP contribution in [0.25, 0.3) is 0 Å². The third kappa shape index (κ3) is 3.99. The molecule has 0 radical (unpaired) electrons. The summed E-state index contributed by atoms with van der Waals surface area (Å²) in [6.07, 6.45) is 0. The van der Waals surface area contributed by atoms with Crippen LogP contribution >= 0.6 is 15.9 Å². The van der Waals surface area contributed by atoms with E-state index in [0.717, 1.165) is 49.3 Å². The van der Waals surface area contributed by atoms with Crippen molar-refractivity contribution in [2.24, 2.45) is 0 Å². The van der Waals surface area contributed by atoms with E-state index in [1.807, 2.05) is 77.9 Å². The molecule has 0 bridgehead atoms. The van der Waals surface area contributed by atoms with Gasteiger partial charge in [0, 0.05) is 15.7 Å².